The van der Waals surface area contributed by atoms with Gasteiger partial charge in [0, 0.05) is 19.0 Å². The molecule has 0 amide bonds. The molecule has 3 heteroatoms. The molecule has 1 aliphatic carbocycles. The molecule has 0 radical (unpaired) electrons. The third-order valence-electron chi connectivity index (χ3n) is 4.53. The fourth-order valence-electron chi connectivity index (χ4n) is 3.46. The molecule has 118 valence electrons. The van der Waals surface area contributed by atoms with Gasteiger partial charge in [0.05, 0.1) is 0 Å². The monoisotopic (exact) mass is 335 g/mol. The minimum absolute atomic E-state index is 0. The van der Waals surface area contributed by atoms with Gasteiger partial charge in [0.2, 0.25) is 0 Å². The first kappa shape index (κ1) is 17.3. The zero-order valence-corrected chi connectivity index (χ0v) is 14.4. The molecule has 2 aromatic carbocycles. The minimum atomic E-state index is 0. The van der Waals surface area contributed by atoms with Crippen LogP contribution < -0.4 is 0 Å². The van der Waals surface area contributed by atoms with E-state index in [1.165, 1.54) is 11.1 Å². The van der Waals surface area contributed by atoms with Crippen LogP contribution in [-0.2, 0) is 0 Å². The smallest absolute Gasteiger partial charge is 0.0351 e. The summed E-state index contributed by atoms with van der Waals surface area (Å²) in [4.78, 5) is 2.36. The molecule has 1 saturated carbocycles. The Labute approximate surface area is 144 Å². The molecule has 0 heterocycles. The lowest BCUT2D eigenvalue weighted by Crippen LogP contribution is -2.23. The third kappa shape index (κ3) is 3.84. The van der Waals surface area contributed by atoms with Gasteiger partial charge in [0.1, 0.15) is 0 Å². The summed E-state index contributed by atoms with van der Waals surface area (Å²) in [6, 6.07) is 21.8. The second-order valence-electron chi connectivity index (χ2n) is 5.99. The number of rotatable bonds is 6. The highest BCUT2D eigenvalue weighted by molar-refractivity contribution is 6.18. The van der Waals surface area contributed by atoms with Crippen LogP contribution in [0.25, 0.3) is 0 Å². The Hall–Kier alpha value is -1.02. The van der Waals surface area contributed by atoms with Crippen LogP contribution in [0.4, 0.5) is 0 Å². The Balaban J connectivity index is 0.00000176. The second kappa shape index (κ2) is 8.01. The highest BCUT2D eigenvalue weighted by Crippen LogP contribution is 2.60. The Kier molecular flexibility index (Phi) is 6.31. The van der Waals surface area contributed by atoms with Crippen molar-refractivity contribution in [2.75, 3.05) is 26.0 Å². The van der Waals surface area contributed by atoms with Crippen molar-refractivity contribution in [2.24, 2.45) is 5.92 Å². The van der Waals surface area contributed by atoms with Crippen LogP contribution in [0.5, 0.6) is 0 Å². The van der Waals surface area contributed by atoms with E-state index in [1.807, 2.05) is 0 Å². The zero-order chi connectivity index (χ0) is 14.7. The van der Waals surface area contributed by atoms with E-state index in [0.29, 0.717) is 23.6 Å². The van der Waals surface area contributed by atoms with Crippen LogP contribution in [0.1, 0.15) is 23.0 Å². The second-order valence-corrected chi connectivity index (χ2v) is 6.37. The van der Waals surface area contributed by atoms with Crippen LogP contribution >= 0.6 is 24.0 Å². The highest BCUT2D eigenvalue weighted by atomic mass is 35.5. The van der Waals surface area contributed by atoms with Gasteiger partial charge >= 0.3 is 0 Å². The van der Waals surface area contributed by atoms with Gasteiger partial charge in [-0.2, -0.15) is 0 Å². The van der Waals surface area contributed by atoms with Crippen molar-refractivity contribution in [3.8, 4) is 0 Å². The number of nitrogens with zero attached hydrogens (tertiary/aromatic N) is 1. The lowest BCUT2D eigenvalue weighted by atomic mass is 10.0. The Morgan fingerprint density at radius 2 is 1.32 bits per heavy atom. The van der Waals surface area contributed by atoms with Crippen molar-refractivity contribution in [3.05, 3.63) is 71.8 Å². The van der Waals surface area contributed by atoms with E-state index < -0.39 is 0 Å². The third-order valence-corrected chi connectivity index (χ3v) is 4.70. The van der Waals surface area contributed by atoms with Crippen molar-refractivity contribution >= 4 is 24.0 Å². The van der Waals surface area contributed by atoms with Crippen molar-refractivity contribution in [2.45, 2.75) is 11.8 Å². The zero-order valence-electron chi connectivity index (χ0n) is 12.9. The predicted molar refractivity (Wildman–Crippen MR) is 97.3 cm³/mol. The molecule has 1 aliphatic rings. The van der Waals surface area contributed by atoms with E-state index in [4.69, 9.17) is 11.6 Å². The molecule has 0 N–H and O–H groups in total. The van der Waals surface area contributed by atoms with Crippen LogP contribution in [0.2, 0.25) is 0 Å². The van der Waals surface area contributed by atoms with E-state index in [1.54, 1.807) is 0 Å². The van der Waals surface area contributed by atoms with Crippen LogP contribution in [0.3, 0.4) is 0 Å². The molecule has 0 saturated heterocycles. The van der Waals surface area contributed by atoms with E-state index >= 15 is 0 Å². The lowest BCUT2D eigenvalue weighted by molar-refractivity contribution is 0.334. The van der Waals surface area contributed by atoms with E-state index in [0.717, 1.165) is 13.1 Å². The predicted octanol–water partition coefficient (Wildman–Crippen LogP) is 4.78. The normalized spacial score (nSPS) is 23.1. The van der Waals surface area contributed by atoms with E-state index in [9.17, 15) is 0 Å². The number of benzene rings is 2. The fraction of sp³-hybridized carbons (Fsp3) is 0.368. The Morgan fingerprint density at radius 1 is 0.864 bits per heavy atom. The van der Waals surface area contributed by atoms with Crippen molar-refractivity contribution in [3.63, 3.8) is 0 Å². The molecule has 0 bridgehead atoms. The minimum Gasteiger partial charge on any atom is -0.305 e. The first-order valence-corrected chi connectivity index (χ1v) is 8.19. The SMILES string of the molecule is CN(CCCl)CC1C(c2ccccc2)C1c1ccccc1.Cl. The summed E-state index contributed by atoms with van der Waals surface area (Å²) in [5, 5.41) is 0. The molecular weight excluding hydrogens is 313 g/mol. The molecule has 2 aromatic rings. The first-order chi connectivity index (χ1) is 10.3. The lowest BCUT2D eigenvalue weighted by Gasteiger charge is -2.14. The fourth-order valence-corrected chi connectivity index (χ4v) is 3.74. The first-order valence-electron chi connectivity index (χ1n) is 7.65. The summed E-state index contributed by atoms with van der Waals surface area (Å²) < 4.78 is 0. The summed E-state index contributed by atoms with van der Waals surface area (Å²) in [6.45, 7) is 2.08. The maximum atomic E-state index is 5.87. The molecule has 0 spiro atoms. The maximum absolute atomic E-state index is 5.87. The largest absolute Gasteiger partial charge is 0.305 e. The van der Waals surface area contributed by atoms with Gasteiger partial charge in [-0.25, -0.2) is 0 Å². The maximum Gasteiger partial charge on any atom is 0.0351 e. The summed E-state index contributed by atoms with van der Waals surface area (Å²) in [5.41, 5.74) is 2.94. The van der Waals surface area contributed by atoms with Crippen LogP contribution in [0.15, 0.2) is 60.7 Å². The van der Waals surface area contributed by atoms with Gasteiger partial charge in [-0.15, -0.1) is 24.0 Å². The molecule has 0 aromatic heterocycles. The van der Waals surface area contributed by atoms with Crippen molar-refractivity contribution in [1.82, 2.24) is 4.90 Å². The van der Waals surface area contributed by atoms with Gasteiger partial charge in [-0.3, -0.25) is 0 Å². The Bertz CT molecular complexity index is 513. The molecule has 1 nitrogen and oxygen atoms in total. The van der Waals surface area contributed by atoms with Gasteiger partial charge in [-0.1, -0.05) is 60.7 Å². The van der Waals surface area contributed by atoms with Gasteiger partial charge < -0.3 is 4.90 Å². The molecule has 3 rings (SSSR count). The standard InChI is InChI=1S/C19H22ClN.ClH/c1-21(13-12-20)14-17-18(15-8-4-2-5-9-15)19(17)16-10-6-3-7-11-16;/h2-11,17-19H,12-14H2,1H3;1H. The molecule has 0 aliphatic heterocycles. The molecule has 2 unspecified atom stereocenters. The van der Waals surface area contributed by atoms with Gasteiger partial charge in [0.15, 0.2) is 0 Å². The van der Waals surface area contributed by atoms with Crippen molar-refractivity contribution < 1.29 is 0 Å². The summed E-state index contributed by atoms with van der Waals surface area (Å²) in [5.74, 6) is 2.69. The number of hydrogen-bond acceptors (Lipinski definition) is 1. The summed E-state index contributed by atoms with van der Waals surface area (Å²) in [7, 11) is 2.17. The topological polar surface area (TPSA) is 3.24 Å². The molecule has 1 fully saturated rings. The van der Waals surface area contributed by atoms with Gasteiger partial charge in [-0.05, 0) is 35.9 Å². The van der Waals surface area contributed by atoms with Crippen LogP contribution in [0, 0.1) is 5.92 Å². The van der Waals surface area contributed by atoms with E-state index in [-0.39, 0.29) is 12.4 Å². The van der Waals surface area contributed by atoms with Gasteiger partial charge in [0.25, 0.3) is 0 Å². The number of hydrogen-bond donors (Lipinski definition) is 0. The number of alkyl halides is 1. The molecule has 2 atom stereocenters. The van der Waals surface area contributed by atoms with Crippen LogP contribution in [-0.4, -0.2) is 30.9 Å². The van der Waals surface area contributed by atoms with E-state index in [2.05, 4.69) is 72.6 Å². The molecular formula is C19H23Cl2N. The average molecular weight is 336 g/mol. The van der Waals surface area contributed by atoms with Crippen molar-refractivity contribution in [1.29, 1.82) is 0 Å². The number of halogens is 2. The summed E-state index contributed by atoms with van der Waals surface area (Å²) in [6.07, 6.45) is 0. The quantitative estimate of drug-likeness (QED) is 0.687. The Morgan fingerprint density at radius 3 is 1.73 bits per heavy atom. The summed E-state index contributed by atoms with van der Waals surface area (Å²) >= 11 is 5.87. The average Bonchev–Trinajstić information content (AvgIpc) is 3.23. The highest BCUT2D eigenvalue weighted by Gasteiger charge is 2.51. The molecule has 22 heavy (non-hydrogen) atoms.